The van der Waals surface area contributed by atoms with Crippen LogP contribution < -0.4 is 5.32 Å². The Morgan fingerprint density at radius 3 is 2.52 bits per heavy atom. The van der Waals surface area contributed by atoms with E-state index < -0.39 is 0 Å². The molecule has 2 N–H and O–H groups in total. The Morgan fingerprint density at radius 1 is 1.29 bits per heavy atom. The van der Waals surface area contributed by atoms with Gasteiger partial charge in [-0.2, -0.15) is 0 Å². The lowest BCUT2D eigenvalue weighted by atomic mass is 9.99. The maximum atomic E-state index is 9.75. The topological polar surface area (TPSA) is 58.0 Å². The first-order valence-electron chi connectivity index (χ1n) is 7.84. The first-order chi connectivity index (χ1) is 9.99. The predicted octanol–water partition coefficient (Wildman–Crippen LogP) is 2.78. The number of hydrogen-bond acceptors (Lipinski definition) is 5. The van der Waals surface area contributed by atoms with Crippen molar-refractivity contribution in [1.82, 2.24) is 15.3 Å². The number of nitrogens with zero attached hydrogens (tertiary/aromatic N) is 2. The van der Waals surface area contributed by atoms with Crippen LogP contribution in [0, 0.1) is 20.8 Å². The number of thioether (sulfide) groups is 1. The van der Waals surface area contributed by atoms with E-state index in [0.29, 0.717) is 5.25 Å². The number of aromatic nitrogens is 2. The second-order valence-corrected chi connectivity index (χ2v) is 7.42. The van der Waals surface area contributed by atoms with E-state index in [1.807, 2.05) is 13.8 Å². The maximum Gasteiger partial charge on any atom is 0.188 e. The Morgan fingerprint density at radius 2 is 1.95 bits per heavy atom. The van der Waals surface area contributed by atoms with Crippen molar-refractivity contribution in [1.29, 1.82) is 0 Å². The van der Waals surface area contributed by atoms with Gasteiger partial charge >= 0.3 is 0 Å². The minimum absolute atomic E-state index is 0.0948. The average Bonchev–Trinajstić information content (AvgIpc) is 2.86. The highest BCUT2D eigenvalue weighted by molar-refractivity contribution is 7.99. The standard InChI is InChI=1S/C16H27N3OS/c1-5-8-17-16(10-20)7-6-14(9-16)21-15-18-12(3)11(2)13(4)19-15/h14,17,20H,5-10H2,1-4H3. The van der Waals surface area contributed by atoms with E-state index in [9.17, 15) is 5.11 Å². The fourth-order valence-electron chi connectivity index (χ4n) is 2.87. The molecule has 1 aromatic rings. The predicted molar refractivity (Wildman–Crippen MR) is 87.8 cm³/mol. The molecule has 5 heteroatoms. The molecule has 1 aromatic heterocycles. The van der Waals surface area contributed by atoms with E-state index in [2.05, 4.69) is 29.1 Å². The van der Waals surface area contributed by atoms with Crippen molar-refractivity contribution >= 4 is 11.8 Å². The summed E-state index contributed by atoms with van der Waals surface area (Å²) in [6.45, 7) is 9.51. The van der Waals surface area contributed by atoms with Crippen molar-refractivity contribution in [2.75, 3.05) is 13.2 Å². The molecule has 0 spiro atoms. The number of aliphatic hydroxyl groups is 1. The molecule has 2 atom stereocenters. The lowest BCUT2D eigenvalue weighted by Gasteiger charge is -2.28. The highest BCUT2D eigenvalue weighted by atomic mass is 32.2. The molecule has 1 saturated carbocycles. The van der Waals surface area contributed by atoms with E-state index in [0.717, 1.165) is 48.8 Å². The molecular weight excluding hydrogens is 282 g/mol. The Hall–Kier alpha value is -0.650. The second kappa shape index (κ2) is 7.07. The smallest absolute Gasteiger partial charge is 0.188 e. The molecule has 0 aromatic carbocycles. The summed E-state index contributed by atoms with van der Waals surface area (Å²) in [6, 6.07) is 0. The molecule has 1 aliphatic rings. The van der Waals surface area contributed by atoms with Gasteiger partial charge in [0.1, 0.15) is 0 Å². The zero-order chi connectivity index (χ0) is 15.5. The molecule has 1 heterocycles. The summed E-state index contributed by atoms with van der Waals surface area (Å²) in [5, 5.41) is 14.7. The van der Waals surface area contributed by atoms with E-state index in [4.69, 9.17) is 0 Å². The van der Waals surface area contributed by atoms with Crippen LogP contribution in [0.25, 0.3) is 0 Å². The van der Waals surface area contributed by atoms with Gasteiger partial charge in [0, 0.05) is 22.2 Å². The molecule has 0 radical (unpaired) electrons. The summed E-state index contributed by atoms with van der Waals surface area (Å²) < 4.78 is 0. The molecule has 0 bridgehead atoms. The summed E-state index contributed by atoms with van der Waals surface area (Å²) in [5.41, 5.74) is 3.23. The second-order valence-electron chi connectivity index (χ2n) is 6.15. The molecule has 2 unspecified atom stereocenters. The third kappa shape index (κ3) is 3.96. The molecule has 0 amide bonds. The number of hydrogen-bond donors (Lipinski definition) is 2. The van der Waals surface area contributed by atoms with Crippen LogP contribution in [0.3, 0.4) is 0 Å². The average molecular weight is 309 g/mol. The fraction of sp³-hybridized carbons (Fsp3) is 0.750. The monoisotopic (exact) mass is 309 g/mol. The lowest BCUT2D eigenvalue weighted by molar-refractivity contribution is 0.165. The van der Waals surface area contributed by atoms with Crippen molar-refractivity contribution in [2.24, 2.45) is 0 Å². The van der Waals surface area contributed by atoms with Crippen LogP contribution >= 0.6 is 11.8 Å². The van der Waals surface area contributed by atoms with Crippen molar-refractivity contribution < 1.29 is 5.11 Å². The van der Waals surface area contributed by atoms with E-state index in [-0.39, 0.29) is 12.1 Å². The van der Waals surface area contributed by atoms with Gasteiger partial charge in [0.15, 0.2) is 5.16 Å². The Labute approximate surface area is 132 Å². The molecule has 1 aliphatic carbocycles. The van der Waals surface area contributed by atoms with E-state index >= 15 is 0 Å². The highest BCUT2D eigenvalue weighted by Gasteiger charge is 2.38. The first kappa shape index (κ1) is 16.7. The van der Waals surface area contributed by atoms with Crippen molar-refractivity contribution in [3.63, 3.8) is 0 Å². The van der Waals surface area contributed by atoms with Gasteiger partial charge in [0.2, 0.25) is 0 Å². The van der Waals surface area contributed by atoms with Crippen LogP contribution in [-0.4, -0.2) is 39.0 Å². The summed E-state index contributed by atoms with van der Waals surface area (Å²) >= 11 is 1.77. The van der Waals surface area contributed by atoms with Gasteiger partial charge in [-0.1, -0.05) is 18.7 Å². The van der Waals surface area contributed by atoms with Gasteiger partial charge in [0.25, 0.3) is 0 Å². The van der Waals surface area contributed by atoms with Crippen LogP contribution in [0.1, 0.15) is 49.6 Å². The summed E-state index contributed by atoms with van der Waals surface area (Å²) in [6.07, 6.45) is 4.23. The normalized spacial score (nSPS) is 25.5. The molecule has 4 nitrogen and oxygen atoms in total. The molecular formula is C16H27N3OS. The molecule has 0 aliphatic heterocycles. The van der Waals surface area contributed by atoms with Crippen LogP contribution in [0.4, 0.5) is 0 Å². The summed E-state index contributed by atoms with van der Waals surface area (Å²) in [5.74, 6) is 0. The molecule has 118 valence electrons. The third-order valence-corrected chi connectivity index (χ3v) is 5.63. The fourth-order valence-corrected chi connectivity index (χ4v) is 4.19. The summed E-state index contributed by atoms with van der Waals surface area (Å²) in [4.78, 5) is 9.20. The number of rotatable bonds is 6. The van der Waals surface area contributed by atoms with Crippen molar-refractivity contribution in [3.8, 4) is 0 Å². The van der Waals surface area contributed by atoms with Crippen LogP contribution in [0.2, 0.25) is 0 Å². The number of nitrogens with one attached hydrogen (secondary N) is 1. The highest BCUT2D eigenvalue weighted by Crippen LogP contribution is 2.39. The van der Waals surface area contributed by atoms with Crippen LogP contribution in [-0.2, 0) is 0 Å². The van der Waals surface area contributed by atoms with Gasteiger partial charge in [-0.25, -0.2) is 9.97 Å². The molecule has 21 heavy (non-hydrogen) atoms. The minimum Gasteiger partial charge on any atom is -0.394 e. The Kier molecular flexibility index (Phi) is 5.63. The zero-order valence-electron chi connectivity index (χ0n) is 13.6. The van der Waals surface area contributed by atoms with Crippen molar-refractivity contribution in [2.45, 2.75) is 69.3 Å². The van der Waals surface area contributed by atoms with Crippen molar-refractivity contribution in [3.05, 3.63) is 17.0 Å². The lowest BCUT2D eigenvalue weighted by Crippen LogP contribution is -2.46. The minimum atomic E-state index is -0.0948. The largest absolute Gasteiger partial charge is 0.394 e. The SMILES string of the molecule is CCCNC1(CO)CCC(Sc2nc(C)c(C)c(C)n2)C1. The Balaban J connectivity index is 2.02. The number of aryl methyl sites for hydroxylation is 2. The molecule has 2 rings (SSSR count). The molecule has 0 saturated heterocycles. The Bertz CT molecular complexity index is 471. The quantitative estimate of drug-likeness (QED) is 0.791. The number of aliphatic hydroxyl groups excluding tert-OH is 1. The summed E-state index contributed by atoms with van der Waals surface area (Å²) in [7, 11) is 0. The van der Waals surface area contributed by atoms with Crippen LogP contribution in [0.5, 0.6) is 0 Å². The van der Waals surface area contributed by atoms with Gasteiger partial charge in [-0.15, -0.1) is 0 Å². The van der Waals surface area contributed by atoms with E-state index in [1.54, 1.807) is 11.8 Å². The molecule has 1 fully saturated rings. The van der Waals surface area contributed by atoms with Gasteiger partial charge in [-0.05, 0) is 58.6 Å². The maximum absolute atomic E-state index is 9.75. The van der Waals surface area contributed by atoms with E-state index in [1.165, 1.54) is 5.56 Å². The zero-order valence-corrected chi connectivity index (χ0v) is 14.4. The van der Waals surface area contributed by atoms with Gasteiger partial charge < -0.3 is 10.4 Å². The van der Waals surface area contributed by atoms with Gasteiger partial charge in [0.05, 0.1) is 6.61 Å². The van der Waals surface area contributed by atoms with Gasteiger partial charge in [-0.3, -0.25) is 0 Å². The van der Waals surface area contributed by atoms with Crippen LogP contribution in [0.15, 0.2) is 5.16 Å². The first-order valence-corrected chi connectivity index (χ1v) is 8.72. The third-order valence-electron chi connectivity index (χ3n) is 4.50.